The maximum absolute atomic E-state index is 12.1. The molecule has 1 unspecified atom stereocenters. The first-order chi connectivity index (χ1) is 9.85. The number of ether oxygens (including phenoxy) is 1. The third-order valence-corrected chi connectivity index (χ3v) is 2.75. The predicted molar refractivity (Wildman–Crippen MR) is 76.5 cm³/mol. The molecule has 0 radical (unpaired) electrons. The van der Waals surface area contributed by atoms with Crippen molar-refractivity contribution in [3.8, 4) is 6.07 Å². The molecule has 0 fully saturated rings. The highest BCUT2D eigenvalue weighted by Crippen LogP contribution is 2.32. The van der Waals surface area contributed by atoms with Gasteiger partial charge in [-0.3, -0.25) is 9.79 Å². The molecule has 1 atom stereocenters. The minimum Gasteiger partial charge on any atom is -0.460 e. The van der Waals surface area contributed by atoms with Crippen molar-refractivity contribution < 1.29 is 9.53 Å². The second-order valence-electron chi connectivity index (χ2n) is 5.70. The van der Waals surface area contributed by atoms with Gasteiger partial charge in [0.05, 0.1) is 6.42 Å². The Bertz CT molecular complexity index is 638. The Balaban J connectivity index is 2.30. The molecule has 0 spiro atoms. The zero-order valence-electron chi connectivity index (χ0n) is 12.2. The van der Waals surface area contributed by atoms with Gasteiger partial charge in [-0.05, 0) is 39.0 Å². The van der Waals surface area contributed by atoms with Gasteiger partial charge in [0.15, 0.2) is 5.82 Å². The van der Waals surface area contributed by atoms with Crippen LogP contribution in [0.25, 0.3) is 0 Å². The Morgan fingerprint density at radius 1 is 1.48 bits per heavy atom. The number of rotatable bonds is 3. The second-order valence-corrected chi connectivity index (χ2v) is 5.70. The summed E-state index contributed by atoms with van der Waals surface area (Å²) in [5, 5.41) is 8.94. The zero-order chi connectivity index (χ0) is 15.5. The van der Waals surface area contributed by atoms with Crippen molar-refractivity contribution in [1.82, 2.24) is 9.97 Å². The van der Waals surface area contributed by atoms with Gasteiger partial charge in [0, 0.05) is 12.4 Å². The molecule has 0 N–H and O–H groups in total. The van der Waals surface area contributed by atoms with Crippen LogP contribution in [0.5, 0.6) is 0 Å². The normalized spacial score (nSPS) is 20.3. The second kappa shape index (κ2) is 5.44. The van der Waals surface area contributed by atoms with E-state index in [4.69, 9.17) is 10.00 Å². The first-order valence-electron chi connectivity index (χ1n) is 6.53. The summed E-state index contributed by atoms with van der Waals surface area (Å²) in [6.45, 7) is 5.41. The first-order valence-corrected chi connectivity index (χ1v) is 6.53. The number of allylic oxidation sites excluding steroid dienone is 1. The molecule has 6 heteroatoms. The minimum absolute atomic E-state index is 0.00779. The van der Waals surface area contributed by atoms with Crippen LogP contribution in [-0.2, 0) is 15.1 Å². The number of hydrogen-bond donors (Lipinski definition) is 0. The smallest absolute Gasteiger partial charge is 0.309 e. The first kappa shape index (κ1) is 14.9. The molecule has 0 amide bonds. The standard InChI is InChI=1S/C15H16N4O2/c1-14(2,3)21-12(20)9-15(6-4-7-18-15)13-17-8-5-11(10-16)19-13/h4-8H,9H2,1-3H3. The number of nitrogens with zero attached hydrogens (tertiary/aromatic N) is 4. The lowest BCUT2D eigenvalue weighted by molar-refractivity contribution is -0.156. The fraction of sp³-hybridized carbons (Fsp3) is 0.400. The minimum atomic E-state index is -0.991. The van der Waals surface area contributed by atoms with E-state index in [9.17, 15) is 4.79 Å². The van der Waals surface area contributed by atoms with Gasteiger partial charge in [0.25, 0.3) is 0 Å². The quantitative estimate of drug-likeness (QED) is 0.791. The van der Waals surface area contributed by atoms with Crippen LogP contribution in [0.1, 0.15) is 38.7 Å². The topological polar surface area (TPSA) is 88.2 Å². The van der Waals surface area contributed by atoms with Gasteiger partial charge >= 0.3 is 5.97 Å². The monoisotopic (exact) mass is 284 g/mol. The summed E-state index contributed by atoms with van der Waals surface area (Å²) >= 11 is 0. The molecule has 1 aromatic heterocycles. The Kier molecular flexibility index (Phi) is 3.85. The van der Waals surface area contributed by atoms with Gasteiger partial charge in [-0.1, -0.05) is 0 Å². The molecular weight excluding hydrogens is 268 g/mol. The average Bonchev–Trinajstić information content (AvgIpc) is 2.86. The summed E-state index contributed by atoms with van der Waals surface area (Å²) in [7, 11) is 0. The lowest BCUT2D eigenvalue weighted by Crippen LogP contribution is -2.31. The van der Waals surface area contributed by atoms with Crippen molar-refractivity contribution in [2.45, 2.75) is 38.3 Å². The molecule has 1 aliphatic rings. The molecule has 6 nitrogen and oxygen atoms in total. The third kappa shape index (κ3) is 3.51. The van der Waals surface area contributed by atoms with Crippen molar-refractivity contribution in [1.29, 1.82) is 5.26 Å². The molecule has 0 saturated heterocycles. The summed E-state index contributed by atoms with van der Waals surface area (Å²) < 4.78 is 5.34. The Labute approximate surface area is 123 Å². The number of hydrogen-bond acceptors (Lipinski definition) is 6. The molecule has 21 heavy (non-hydrogen) atoms. The van der Waals surface area contributed by atoms with E-state index in [0.29, 0.717) is 5.82 Å². The van der Waals surface area contributed by atoms with Crippen molar-refractivity contribution in [2.24, 2.45) is 4.99 Å². The molecule has 1 aliphatic heterocycles. The van der Waals surface area contributed by atoms with Crippen molar-refractivity contribution >= 4 is 12.2 Å². The lowest BCUT2D eigenvalue weighted by atomic mass is 9.95. The van der Waals surface area contributed by atoms with Gasteiger partial charge in [-0.25, -0.2) is 9.97 Å². The van der Waals surface area contributed by atoms with E-state index in [2.05, 4.69) is 15.0 Å². The molecule has 2 rings (SSSR count). The third-order valence-electron chi connectivity index (χ3n) is 2.75. The Hall–Kier alpha value is -2.55. The van der Waals surface area contributed by atoms with E-state index in [1.54, 1.807) is 39.1 Å². The Morgan fingerprint density at radius 2 is 2.24 bits per heavy atom. The van der Waals surface area contributed by atoms with Crippen LogP contribution >= 0.6 is 0 Å². The van der Waals surface area contributed by atoms with E-state index in [1.807, 2.05) is 6.07 Å². The van der Waals surface area contributed by atoms with Crippen molar-refractivity contribution in [3.63, 3.8) is 0 Å². The van der Waals surface area contributed by atoms with Crippen LogP contribution in [0.2, 0.25) is 0 Å². The van der Waals surface area contributed by atoms with Gasteiger partial charge in [0.2, 0.25) is 0 Å². The maximum Gasteiger partial charge on any atom is 0.309 e. The fourth-order valence-electron chi connectivity index (χ4n) is 1.96. The van der Waals surface area contributed by atoms with Crippen LogP contribution in [0.4, 0.5) is 0 Å². The largest absolute Gasteiger partial charge is 0.460 e. The number of aliphatic imine (C=N–C) groups is 1. The van der Waals surface area contributed by atoms with Gasteiger partial charge in [0.1, 0.15) is 22.9 Å². The summed E-state index contributed by atoms with van der Waals surface area (Å²) in [6, 6.07) is 3.46. The summed E-state index contributed by atoms with van der Waals surface area (Å²) in [6.07, 6.45) is 6.54. The van der Waals surface area contributed by atoms with Crippen LogP contribution in [0, 0.1) is 11.3 Å². The van der Waals surface area contributed by atoms with Crippen molar-refractivity contribution in [3.05, 3.63) is 35.9 Å². The van der Waals surface area contributed by atoms with Gasteiger partial charge < -0.3 is 4.74 Å². The van der Waals surface area contributed by atoms with E-state index in [-0.39, 0.29) is 12.1 Å². The van der Waals surface area contributed by atoms with E-state index >= 15 is 0 Å². The fourth-order valence-corrected chi connectivity index (χ4v) is 1.96. The molecule has 0 bridgehead atoms. The molecule has 0 saturated carbocycles. The Morgan fingerprint density at radius 3 is 2.81 bits per heavy atom. The van der Waals surface area contributed by atoms with Gasteiger partial charge in [-0.15, -0.1) is 0 Å². The van der Waals surface area contributed by atoms with E-state index in [0.717, 1.165) is 0 Å². The highest BCUT2D eigenvalue weighted by molar-refractivity contribution is 5.79. The average molecular weight is 284 g/mol. The molecule has 108 valence electrons. The summed E-state index contributed by atoms with van der Waals surface area (Å²) in [5.41, 5.74) is -1.33. The predicted octanol–water partition coefficient (Wildman–Crippen LogP) is 1.92. The molecule has 2 heterocycles. The summed E-state index contributed by atoms with van der Waals surface area (Å²) in [4.78, 5) is 24.7. The van der Waals surface area contributed by atoms with Crippen molar-refractivity contribution in [2.75, 3.05) is 0 Å². The number of nitriles is 1. The lowest BCUT2D eigenvalue weighted by Gasteiger charge is -2.25. The number of aromatic nitrogens is 2. The number of carbonyl (C=O) groups excluding carboxylic acids is 1. The van der Waals surface area contributed by atoms with Crippen LogP contribution in [0.3, 0.4) is 0 Å². The van der Waals surface area contributed by atoms with Crippen LogP contribution in [-0.4, -0.2) is 27.8 Å². The van der Waals surface area contributed by atoms with Crippen LogP contribution in [0.15, 0.2) is 29.4 Å². The zero-order valence-corrected chi connectivity index (χ0v) is 12.2. The summed E-state index contributed by atoms with van der Waals surface area (Å²) in [5.74, 6) is -0.0745. The highest BCUT2D eigenvalue weighted by Gasteiger charge is 2.37. The van der Waals surface area contributed by atoms with Gasteiger partial charge in [-0.2, -0.15) is 5.26 Å². The van der Waals surface area contributed by atoms with Crippen LogP contribution < -0.4 is 0 Å². The highest BCUT2D eigenvalue weighted by atomic mass is 16.6. The molecule has 0 aromatic carbocycles. The molecule has 1 aromatic rings. The number of carbonyl (C=O) groups is 1. The number of esters is 1. The molecule has 0 aliphatic carbocycles. The maximum atomic E-state index is 12.1. The molecular formula is C15H16N4O2. The van der Waals surface area contributed by atoms with E-state index in [1.165, 1.54) is 12.3 Å². The van der Waals surface area contributed by atoms with E-state index < -0.39 is 17.1 Å². The SMILES string of the molecule is CC(C)(C)OC(=O)CC1(c2nccc(C#N)n2)C=CC=N1.